The molecule has 0 atom stereocenters. The van der Waals surface area contributed by atoms with Gasteiger partial charge in [-0.1, -0.05) is 18.2 Å². The largest absolute Gasteiger partial charge is 0.496 e. The zero-order chi connectivity index (χ0) is 18.9. The Kier molecular flexibility index (Phi) is 7.27. The number of allylic oxidation sites excluding steroid dienone is 1. The first kappa shape index (κ1) is 19.6. The molecule has 2 aromatic rings. The lowest BCUT2D eigenvalue weighted by Crippen LogP contribution is -2.23. The summed E-state index contributed by atoms with van der Waals surface area (Å²) >= 11 is 0. The number of carbonyl (C=O) groups is 1. The minimum Gasteiger partial charge on any atom is -0.496 e. The van der Waals surface area contributed by atoms with Gasteiger partial charge in [-0.25, -0.2) is 0 Å². The summed E-state index contributed by atoms with van der Waals surface area (Å²) in [5.41, 5.74) is 3.87. The number of nitrogens with one attached hydrogen (secondary N) is 1. The molecule has 0 aliphatic rings. The molecule has 0 fully saturated rings. The molecule has 0 aliphatic heterocycles. The summed E-state index contributed by atoms with van der Waals surface area (Å²) in [6, 6.07) is 13.8. The molecule has 26 heavy (non-hydrogen) atoms. The maximum Gasteiger partial charge on any atom is 0.251 e. The van der Waals surface area contributed by atoms with Crippen LogP contribution < -0.4 is 15.0 Å². The molecule has 0 saturated carbocycles. The minimum absolute atomic E-state index is 0.0919. The van der Waals surface area contributed by atoms with Crippen LogP contribution in [0.1, 0.15) is 35.3 Å². The molecule has 0 spiro atoms. The Morgan fingerprint density at radius 1 is 1.15 bits per heavy atom. The highest BCUT2D eigenvalue weighted by molar-refractivity contribution is 5.94. The lowest BCUT2D eigenvalue weighted by atomic mass is 10.1. The van der Waals surface area contributed by atoms with Crippen LogP contribution in [-0.4, -0.2) is 26.1 Å². The van der Waals surface area contributed by atoms with Crippen molar-refractivity contribution in [3.05, 3.63) is 71.8 Å². The number of methoxy groups -OCH3 is 1. The smallest absolute Gasteiger partial charge is 0.251 e. The van der Waals surface area contributed by atoms with Gasteiger partial charge in [-0.2, -0.15) is 0 Å². The van der Waals surface area contributed by atoms with Crippen LogP contribution in [0.4, 0.5) is 5.69 Å². The average molecular weight is 352 g/mol. The van der Waals surface area contributed by atoms with E-state index in [-0.39, 0.29) is 5.91 Å². The van der Waals surface area contributed by atoms with E-state index >= 15 is 0 Å². The molecule has 0 bridgehead atoms. The maximum absolute atomic E-state index is 12.5. The highest BCUT2D eigenvalue weighted by Gasteiger charge is 2.10. The van der Waals surface area contributed by atoms with E-state index in [4.69, 9.17) is 4.74 Å². The second kappa shape index (κ2) is 9.66. The molecular weight excluding hydrogens is 324 g/mol. The Labute approximate surface area is 156 Å². The fraction of sp³-hybridized carbons (Fsp3) is 0.318. The van der Waals surface area contributed by atoms with E-state index in [9.17, 15) is 4.79 Å². The van der Waals surface area contributed by atoms with Crippen molar-refractivity contribution in [1.82, 2.24) is 5.32 Å². The zero-order valence-corrected chi connectivity index (χ0v) is 15.9. The Bertz CT molecular complexity index is 734. The van der Waals surface area contributed by atoms with Crippen LogP contribution in [0.2, 0.25) is 0 Å². The van der Waals surface area contributed by atoms with Crippen molar-refractivity contribution in [2.75, 3.05) is 25.1 Å². The van der Waals surface area contributed by atoms with Crippen LogP contribution in [0.25, 0.3) is 0 Å². The van der Waals surface area contributed by atoms with Crippen LogP contribution in [0.15, 0.2) is 55.1 Å². The molecule has 0 aromatic heterocycles. The SMILES string of the molecule is C=CCc1cc(C(=O)NCc2ccc(N(CC)CC)cc2)ccc1OC. The number of hydrogen-bond donors (Lipinski definition) is 1. The van der Waals surface area contributed by atoms with Crippen molar-refractivity contribution in [1.29, 1.82) is 0 Å². The Balaban J connectivity index is 2.02. The first-order chi connectivity index (χ1) is 12.6. The summed E-state index contributed by atoms with van der Waals surface area (Å²) in [4.78, 5) is 14.7. The van der Waals surface area contributed by atoms with Gasteiger partial charge in [0.25, 0.3) is 5.91 Å². The van der Waals surface area contributed by atoms with E-state index < -0.39 is 0 Å². The maximum atomic E-state index is 12.5. The van der Waals surface area contributed by atoms with Gasteiger partial charge in [0, 0.05) is 30.9 Å². The monoisotopic (exact) mass is 352 g/mol. The quantitative estimate of drug-likeness (QED) is 0.688. The lowest BCUT2D eigenvalue weighted by Gasteiger charge is -2.21. The summed E-state index contributed by atoms with van der Waals surface area (Å²) in [5.74, 6) is 0.680. The van der Waals surface area contributed by atoms with Gasteiger partial charge >= 0.3 is 0 Å². The first-order valence-electron chi connectivity index (χ1n) is 9.02. The molecule has 2 rings (SSSR count). The van der Waals surface area contributed by atoms with Crippen LogP contribution in [0.3, 0.4) is 0 Å². The van der Waals surface area contributed by atoms with E-state index in [0.29, 0.717) is 18.5 Å². The van der Waals surface area contributed by atoms with Gasteiger partial charge in [0.05, 0.1) is 7.11 Å². The minimum atomic E-state index is -0.0919. The third kappa shape index (κ3) is 4.88. The Morgan fingerprint density at radius 3 is 2.42 bits per heavy atom. The van der Waals surface area contributed by atoms with Crippen molar-refractivity contribution >= 4 is 11.6 Å². The average Bonchev–Trinajstić information content (AvgIpc) is 2.68. The van der Waals surface area contributed by atoms with Crippen molar-refractivity contribution in [3.63, 3.8) is 0 Å². The molecule has 4 heteroatoms. The van der Waals surface area contributed by atoms with Gasteiger partial charge in [0.15, 0.2) is 0 Å². The second-order valence-corrected chi connectivity index (χ2v) is 6.04. The molecule has 1 N–H and O–H groups in total. The molecular formula is C22H28N2O2. The third-order valence-electron chi connectivity index (χ3n) is 4.42. The highest BCUT2D eigenvalue weighted by Crippen LogP contribution is 2.21. The van der Waals surface area contributed by atoms with Gasteiger partial charge in [0.2, 0.25) is 0 Å². The third-order valence-corrected chi connectivity index (χ3v) is 4.42. The van der Waals surface area contributed by atoms with Gasteiger partial charge in [-0.15, -0.1) is 6.58 Å². The summed E-state index contributed by atoms with van der Waals surface area (Å²) in [6.45, 7) is 10.5. The van der Waals surface area contributed by atoms with Crippen LogP contribution in [-0.2, 0) is 13.0 Å². The molecule has 138 valence electrons. The summed E-state index contributed by atoms with van der Waals surface area (Å²) < 4.78 is 5.33. The van der Waals surface area contributed by atoms with Gasteiger partial charge in [0.1, 0.15) is 5.75 Å². The van der Waals surface area contributed by atoms with E-state index in [2.05, 4.69) is 54.9 Å². The molecule has 0 saturated heterocycles. The lowest BCUT2D eigenvalue weighted by molar-refractivity contribution is 0.0951. The number of carbonyl (C=O) groups excluding carboxylic acids is 1. The van der Waals surface area contributed by atoms with Crippen molar-refractivity contribution in [2.24, 2.45) is 0 Å². The predicted molar refractivity (Wildman–Crippen MR) is 108 cm³/mol. The number of amides is 1. The zero-order valence-electron chi connectivity index (χ0n) is 15.9. The van der Waals surface area contributed by atoms with E-state index in [1.807, 2.05) is 12.1 Å². The van der Waals surface area contributed by atoms with E-state index in [0.717, 1.165) is 30.0 Å². The fourth-order valence-corrected chi connectivity index (χ4v) is 2.93. The summed E-state index contributed by atoms with van der Waals surface area (Å²) in [7, 11) is 1.63. The number of rotatable bonds is 9. The molecule has 1 amide bonds. The van der Waals surface area contributed by atoms with Crippen LogP contribution in [0, 0.1) is 0 Å². The van der Waals surface area contributed by atoms with Crippen molar-refractivity contribution in [2.45, 2.75) is 26.8 Å². The van der Waals surface area contributed by atoms with Crippen LogP contribution >= 0.6 is 0 Å². The predicted octanol–water partition coefficient (Wildman–Crippen LogP) is 4.20. The fourth-order valence-electron chi connectivity index (χ4n) is 2.93. The van der Waals surface area contributed by atoms with Gasteiger partial charge in [-0.3, -0.25) is 4.79 Å². The summed E-state index contributed by atoms with van der Waals surface area (Å²) in [6.07, 6.45) is 2.47. The summed E-state index contributed by atoms with van der Waals surface area (Å²) in [5, 5.41) is 2.98. The van der Waals surface area contributed by atoms with Crippen LogP contribution in [0.5, 0.6) is 5.75 Å². The normalized spacial score (nSPS) is 10.3. The standard InChI is InChI=1S/C22H28N2O2/c1-5-8-18-15-19(11-14-21(18)26-4)22(25)23-16-17-9-12-20(13-10-17)24(6-2)7-3/h5,9-15H,1,6-8,16H2,2-4H3,(H,23,25). The molecule has 4 nitrogen and oxygen atoms in total. The Morgan fingerprint density at radius 2 is 1.85 bits per heavy atom. The number of nitrogens with zero attached hydrogens (tertiary/aromatic N) is 1. The number of benzene rings is 2. The van der Waals surface area contributed by atoms with E-state index in [1.54, 1.807) is 19.3 Å². The van der Waals surface area contributed by atoms with Gasteiger partial charge < -0.3 is 15.0 Å². The number of anilines is 1. The van der Waals surface area contributed by atoms with Gasteiger partial charge in [-0.05, 0) is 61.7 Å². The van der Waals surface area contributed by atoms with Crippen molar-refractivity contribution in [3.8, 4) is 5.75 Å². The molecule has 0 unspecified atom stereocenters. The van der Waals surface area contributed by atoms with E-state index in [1.165, 1.54) is 5.69 Å². The Hall–Kier alpha value is -2.75. The molecule has 0 aliphatic carbocycles. The first-order valence-corrected chi connectivity index (χ1v) is 9.02. The number of hydrogen-bond acceptors (Lipinski definition) is 3. The number of ether oxygens (including phenoxy) is 1. The topological polar surface area (TPSA) is 41.6 Å². The van der Waals surface area contributed by atoms with Crippen molar-refractivity contribution < 1.29 is 9.53 Å². The molecule has 2 aromatic carbocycles. The highest BCUT2D eigenvalue weighted by atomic mass is 16.5. The second-order valence-electron chi connectivity index (χ2n) is 6.04. The molecule has 0 radical (unpaired) electrons. The molecule has 0 heterocycles.